The van der Waals surface area contributed by atoms with Crippen LogP contribution in [0.5, 0.6) is 17.2 Å². The van der Waals surface area contributed by atoms with Crippen LogP contribution >= 0.6 is 0 Å². The number of ether oxygens (including phenoxy) is 4. The third kappa shape index (κ3) is 5.81. The second-order valence-corrected chi connectivity index (χ2v) is 5.18. The SMILES string of the molecule is CNCc1cc(OC)c(OCCOCC(C)C)c(OC)c1. The Bertz CT molecular complexity index is 396. The summed E-state index contributed by atoms with van der Waals surface area (Å²) in [5, 5.41) is 3.10. The van der Waals surface area contributed by atoms with Crippen molar-refractivity contribution in [3.8, 4) is 17.2 Å². The van der Waals surface area contributed by atoms with Gasteiger partial charge in [0.05, 0.1) is 20.8 Å². The summed E-state index contributed by atoms with van der Waals surface area (Å²) in [5.74, 6) is 2.48. The molecule has 1 aromatic rings. The van der Waals surface area contributed by atoms with Gasteiger partial charge in [-0.25, -0.2) is 0 Å². The first kappa shape index (κ1) is 17.6. The van der Waals surface area contributed by atoms with Gasteiger partial charge >= 0.3 is 0 Å². The zero-order valence-electron chi connectivity index (χ0n) is 13.7. The number of methoxy groups -OCH3 is 2. The Labute approximate surface area is 127 Å². The fourth-order valence-electron chi connectivity index (χ4n) is 1.90. The lowest BCUT2D eigenvalue weighted by molar-refractivity contribution is 0.0802. The topological polar surface area (TPSA) is 49.0 Å². The van der Waals surface area contributed by atoms with Gasteiger partial charge in [0.1, 0.15) is 6.61 Å². The van der Waals surface area contributed by atoms with E-state index < -0.39 is 0 Å². The molecule has 120 valence electrons. The lowest BCUT2D eigenvalue weighted by Gasteiger charge is -2.16. The van der Waals surface area contributed by atoms with E-state index in [1.807, 2.05) is 19.2 Å². The van der Waals surface area contributed by atoms with Crippen molar-refractivity contribution in [1.82, 2.24) is 5.32 Å². The highest BCUT2D eigenvalue weighted by Crippen LogP contribution is 2.38. The molecule has 5 heteroatoms. The quantitative estimate of drug-likeness (QED) is 0.672. The highest BCUT2D eigenvalue weighted by atomic mass is 16.6. The minimum atomic E-state index is 0.463. The van der Waals surface area contributed by atoms with Gasteiger partial charge in [0.25, 0.3) is 0 Å². The predicted octanol–water partition coefficient (Wildman–Crippen LogP) is 2.47. The monoisotopic (exact) mass is 297 g/mol. The molecule has 1 N–H and O–H groups in total. The van der Waals surface area contributed by atoms with Crippen molar-refractivity contribution < 1.29 is 18.9 Å². The molecular formula is C16H27NO4. The van der Waals surface area contributed by atoms with E-state index in [9.17, 15) is 0 Å². The zero-order chi connectivity index (χ0) is 15.7. The summed E-state index contributed by atoms with van der Waals surface area (Å²) in [6.45, 7) is 6.72. The van der Waals surface area contributed by atoms with Crippen molar-refractivity contribution in [3.63, 3.8) is 0 Å². The first-order valence-corrected chi connectivity index (χ1v) is 7.22. The molecule has 0 atom stereocenters. The smallest absolute Gasteiger partial charge is 0.203 e. The maximum absolute atomic E-state index is 5.77. The molecule has 0 spiro atoms. The Hall–Kier alpha value is -1.46. The van der Waals surface area contributed by atoms with Crippen molar-refractivity contribution in [2.24, 2.45) is 5.92 Å². The molecule has 0 fully saturated rings. The highest BCUT2D eigenvalue weighted by Gasteiger charge is 2.14. The summed E-state index contributed by atoms with van der Waals surface area (Å²) >= 11 is 0. The van der Waals surface area contributed by atoms with Crippen molar-refractivity contribution in [2.45, 2.75) is 20.4 Å². The van der Waals surface area contributed by atoms with E-state index in [-0.39, 0.29) is 0 Å². The Balaban J connectivity index is 2.70. The first-order valence-electron chi connectivity index (χ1n) is 7.22. The van der Waals surface area contributed by atoms with E-state index in [0.717, 1.165) is 18.7 Å². The van der Waals surface area contributed by atoms with Gasteiger partial charge < -0.3 is 24.3 Å². The lowest BCUT2D eigenvalue weighted by Crippen LogP contribution is -2.11. The van der Waals surface area contributed by atoms with Crippen LogP contribution in [0.15, 0.2) is 12.1 Å². The predicted molar refractivity (Wildman–Crippen MR) is 83.5 cm³/mol. The van der Waals surface area contributed by atoms with E-state index in [1.54, 1.807) is 14.2 Å². The van der Waals surface area contributed by atoms with E-state index in [1.165, 1.54) is 0 Å². The third-order valence-electron chi connectivity index (χ3n) is 2.83. The number of nitrogens with one attached hydrogen (secondary N) is 1. The van der Waals surface area contributed by atoms with E-state index >= 15 is 0 Å². The summed E-state index contributed by atoms with van der Waals surface area (Å²) in [6, 6.07) is 3.90. The largest absolute Gasteiger partial charge is 0.493 e. The van der Waals surface area contributed by atoms with Gasteiger partial charge in [-0.3, -0.25) is 0 Å². The number of hydrogen-bond donors (Lipinski definition) is 1. The van der Waals surface area contributed by atoms with Crippen LogP contribution in [0.25, 0.3) is 0 Å². The second kappa shape index (κ2) is 9.47. The van der Waals surface area contributed by atoms with Crippen molar-refractivity contribution in [2.75, 3.05) is 41.1 Å². The van der Waals surface area contributed by atoms with Crippen LogP contribution in [-0.4, -0.2) is 41.1 Å². The molecule has 0 saturated carbocycles. The average molecular weight is 297 g/mol. The van der Waals surface area contributed by atoms with Crippen LogP contribution in [-0.2, 0) is 11.3 Å². The number of hydrogen-bond acceptors (Lipinski definition) is 5. The molecule has 0 amide bonds. The summed E-state index contributed by atoms with van der Waals surface area (Å²) in [4.78, 5) is 0. The van der Waals surface area contributed by atoms with Crippen molar-refractivity contribution in [1.29, 1.82) is 0 Å². The van der Waals surface area contributed by atoms with Crippen molar-refractivity contribution in [3.05, 3.63) is 17.7 Å². The van der Waals surface area contributed by atoms with E-state index in [0.29, 0.717) is 36.4 Å². The molecule has 0 aromatic heterocycles. The summed E-state index contributed by atoms with van der Waals surface area (Å²) in [6.07, 6.45) is 0. The van der Waals surface area contributed by atoms with Gasteiger partial charge in [0, 0.05) is 13.2 Å². The van der Waals surface area contributed by atoms with Gasteiger partial charge in [-0.15, -0.1) is 0 Å². The Morgan fingerprint density at radius 1 is 1.05 bits per heavy atom. The highest BCUT2D eigenvalue weighted by molar-refractivity contribution is 5.53. The second-order valence-electron chi connectivity index (χ2n) is 5.18. The molecule has 21 heavy (non-hydrogen) atoms. The summed E-state index contributed by atoms with van der Waals surface area (Å²) in [7, 11) is 5.15. The van der Waals surface area contributed by atoms with Crippen LogP contribution in [0.2, 0.25) is 0 Å². The van der Waals surface area contributed by atoms with E-state index in [2.05, 4.69) is 19.2 Å². The maximum Gasteiger partial charge on any atom is 0.203 e. The van der Waals surface area contributed by atoms with Gasteiger partial charge in [0.15, 0.2) is 11.5 Å². The third-order valence-corrected chi connectivity index (χ3v) is 2.83. The first-order chi connectivity index (χ1) is 10.1. The van der Waals surface area contributed by atoms with Crippen LogP contribution in [0.1, 0.15) is 19.4 Å². The maximum atomic E-state index is 5.77. The standard InChI is InChI=1S/C16H27NO4/c1-12(2)11-20-6-7-21-16-14(18-4)8-13(10-17-3)9-15(16)19-5/h8-9,12,17H,6-7,10-11H2,1-5H3. The lowest BCUT2D eigenvalue weighted by atomic mass is 10.2. The molecule has 0 aliphatic rings. The number of rotatable bonds is 10. The Morgan fingerprint density at radius 3 is 2.14 bits per heavy atom. The van der Waals surface area contributed by atoms with Gasteiger partial charge in [0.2, 0.25) is 5.75 Å². The molecule has 0 unspecified atom stereocenters. The Morgan fingerprint density at radius 2 is 1.67 bits per heavy atom. The average Bonchev–Trinajstić information content (AvgIpc) is 2.47. The number of benzene rings is 1. The van der Waals surface area contributed by atoms with E-state index in [4.69, 9.17) is 18.9 Å². The summed E-state index contributed by atoms with van der Waals surface area (Å²) < 4.78 is 22.1. The zero-order valence-corrected chi connectivity index (χ0v) is 13.7. The Kier molecular flexibility index (Phi) is 7.93. The van der Waals surface area contributed by atoms with Crippen LogP contribution in [0.3, 0.4) is 0 Å². The van der Waals surface area contributed by atoms with Crippen molar-refractivity contribution >= 4 is 0 Å². The fraction of sp³-hybridized carbons (Fsp3) is 0.625. The molecule has 0 saturated heterocycles. The molecule has 0 aliphatic carbocycles. The molecular weight excluding hydrogens is 270 g/mol. The van der Waals surface area contributed by atoms with Crippen LogP contribution in [0.4, 0.5) is 0 Å². The normalized spacial score (nSPS) is 10.8. The van der Waals surface area contributed by atoms with Crippen LogP contribution < -0.4 is 19.5 Å². The molecule has 0 radical (unpaired) electrons. The molecule has 0 bridgehead atoms. The fourth-order valence-corrected chi connectivity index (χ4v) is 1.90. The summed E-state index contributed by atoms with van der Waals surface area (Å²) in [5.41, 5.74) is 1.08. The minimum absolute atomic E-state index is 0.463. The molecule has 0 aliphatic heterocycles. The molecule has 1 aromatic carbocycles. The van der Waals surface area contributed by atoms with Gasteiger partial charge in [-0.05, 0) is 30.7 Å². The van der Waals surface area contributed by atoms with Crippen LogP contribution in [0, 0.1) is 5.92 Å². The van der Waals surface area contributed by atoms with Gasteiger partial charge in [-0.2, -0.15) is 0 Å². The molecule has 1 rings (SSSR count). The minimum Gasteiger partial charge on any atom is -0.493 e. The molecule has 5 nitrogen and oxygen atoms in total. The molecule has 0 heterocycles. The van der Waals surface area contributed by atoms with Gasteiger partial charge in [-0.1, -0.05) is 13.8 Å².